The Bertz CT molecular complexity index is 540. The minimum Gasteiger partial charge on any atom is -0.313 e. The fourth-order valence-corrected chi connectivity index (χ4v) is 1.84. The topological polar surface area (TPSA) is 51.8 Å². The maximum absolute atomic E-state index is 7.92. The SMILES string of the molecule is N=C1N=C2N=CC=CN2Cc2ccccc21. The van der Waals surface area contributed by atoms with Crippen molar-refractivity contribution in [2.24, 2.45) is 9.98 Å². The third-order valence-electron chi connectivity index (χ3n) is 2.62. The minimum atomic E-state index is 0.278. The van der Waals surface area contributed by atoms with Crippen LogP contribution in [0.4, 0.5) is 0 Å². The van der Waals surface area contributed by atoms with E-state index >= 15 is 0 Å². The van der Waals surface area contributed by atoms with E-state index in [9.17, 15) is 0 Å². The van der Waals surface area contributed by atoms with E-state index < -0.39 is 0 Å². The molecule has 0 aromatic heterocycles. The number of nitrogens with zero attached hydrogens (tertiary/aromatic N) is 3. The number of guanidine groups is 1. The molecule has 2 heterocycles. The van der Waals surface area contributed by atoms with Gasteiger partial charge < -0.3 is 4.90 Å². The standard InChI is InChI=1S/C12H10N4/c13-11-10-5-2-1-4-9(10)8-16-7-3-6-14-12(16)15-11/h1-7,13H,8H2. The maximum Gasteiger partial charge on any atom is 0.231 e. The molecule has 0 aliphatic carbocycles. The molecule has 78 valence electrons. The molecule has 0 saturated carbocycles. The summed E-state index contributed by atoms with van der Waals surface area (Å²) in [6, 6.07) is 7.85. The molecule has 0 saturated heterocycles. The van der Waals surface area contributed by atoms with Crippen molar-refractivity contribution in [1.29, 1.82) is 5.41 Å². The lowest BCUT2D eigenvalue weighted by Crippen LogP contribution is -2.24. The summed E-state index contributed by atoms with van der Waals surface area (Å²) in [4.78, 5) is 10.3. The first kappa shape index (κ1) is 9.03. The molecule has 2 aliphatic heterocycles. The lowest BCUT2D eigenvalue weighted by Gasteiger charge is -2.19. The molecule has 0 radical (unpaired) electrons. The van der Waals surface area contributed by atoms with E-state index in [0.717, 1.165) is 11.1 Å². The Balaban J connectivity index is 2.14. The van der Waals surface area contributed by atoms with Gasteiger partial charge in [0.05, 0.1) is 6.54 Å². The van der Waals surface area contributed by atoms with Crippen LogP contribution < -0.4 is 0 Å². The summed E-state index contributed by atoms with van der Waals surface area (Å²) >= 11 is 0. The summed E-state index contributed by atoms with van der Waals surface area (Å²) in [6.07, 6.45) is 5.50. The third-order valence-corrected chi connectivity index (χ3v) is 2.62. The van der Waals surface area contributed by atoms with E-state index in [-0.39, 0.29) is 5.84 Å². The van der Waals surface area contributed by atoms with Crippen molar-refractivity contribution in [3.05, 3.63) is 47.7 Å². The zero-order valence-electron chi connectivity index (χ0n) is 8.59. The number of fused-ring (bicyclic) bond motifs is 2. The number of nitrogens with one attached hydrogen (secondary N) is 1. The van der Waals surface area contributed by atoms with Gasteiger partial charge in [0.15, 0.2) is 5.84 Å². The van der Waals surface area contributed by atoms with E-state index in [1.165, 1.54) is 0 Å². The molecule has 0 bridgehead atoms. The Hall–Kier alpha value is -2.23. The number of hydrogen-bond donors (Lipinski definition) is 1. The molecule has 4 nitrogen and oxygen atoms in total. The first-order valence-corrected chi connectivity index (χ1v) is 5.07. The van der Waals surface area contributed by atoms with Gasteiger partial charge in [-0.1, -0.05) is 24.3 Å². The van der Waals surface area contributed by atoms with Gasteiger partial charge in [0.25, 0.3) is 0 Å². The predicted octanol–water partition coefficient (Wildman–Crippen LogP) is 1.78. The highest BCUT2D eigenvalue weighted by Crippen LogP contribution is 2.18. The first-order valence-electron chi connectivity index (χ1n) is 5.07. The summed E-state index contributed by atoms with van der Waals surface area (Å²) in [5.41, 5.74) is 1.99. The number of hydrogen-bond acceptors (Lipinski definition) is 3. The van der Waals surface area contributed by atoms with Crippen LogP contribution in [0.3, 0.4) is 0 Å². The largest absolute Gasteiger partial charge is 0.313 e. The van der Waals surface area contributed by atoms with Gasteiger partial charge >= 0.3 is 0 Å². The molecular formula is C12H10N4. The smallest absolute Gasteiger partial charge is 0.231 e. The molecular weight excluding hydrogens is 200 g/mol. The van der Waals surface area contributed by atoms with E-state index in [4.69, 9.17) is 5.41 Å². The van der Waals surface area contributed by atoms with Crippen molar-refractivity contribution < 1.29 is 0 Å². The van der Waals surface area contributed by atoms with Gasteiger partial charge in [0.1, 0.15) is 0 Å². The number of aliphatic imine (C=N–C) groups is 2. The quantitative estimate of drug-likeness (QED) is 0.697. The second-order valence-electron chi connectivity index (χ2n) is 3.67. The Morgan fingerprint density at radius 2 is 2.12 bits per heavy atom. The van der Waals surface area contributed by atoms with Crippen LogP contribution in [0.5, 0.6) is 0 Å². The summed E-state index contributed by atoms with van der Waals surface area (Å²) in [7, 11) is 0. The average Bonchev–Trinajstić information content (AvgIpc) is 2.45. The van der Waals surface area contributed by atoms with Crippen molar-refractivity contribution in [3.8, 4) is 0 Å². The van der Waals surface area contributed by atoms with Crippen LogP contribution in [0.15, 0.2) is 46.5 Å². The lowest BCUT2D eigenvalue weighted by atomic mass is 10.1. The van der Waals surface area contributed by atoms with Crippen LogP contribution in [-0.2, 0) is 6.54 Å². The van der Waals surface area contributed by atoms with Gasteiger partial charge in [0, 0.05) is 18.0 Å². The van der Waals surface area contributed by atoms with Gasteiger partial charge in [-0.3, -0.25) is 5.41 Å². The monoisotopic (exact) mass is 210 g/mol. The van der Waals surface area contributed by atoms with Crippen LogP contribution in [0.25, 0.3) is 0 Å². The van der Waals surface area contributed by atoms with Crippen LogP contribution in [0.2, 0.25) is 0 Å². The molecule has 0 fully saturated rings. The van der Waals surface area contributed by atoms with Crippen molar-refractivity contribution in [2.45, 2.75) is 6.54 Å². The zero-order valence-corrected chi connectivity index (χ0v) is 8.59. The highest BCUT2D eigenvalue weighted by Gasteiger charge is 2.19. The van der Waals surface area contributed by atoms with Crippen molar-refractivity contribution in [1.82, 2.24) is 4.90 Å². The number of rotatable bonds is 0. The Morgan fingerprint density at radius 3 is 3.06 bits per heavy atom. The summed E-state index contributed by atoms with van der Waals surface area (Å²) in [5, 5.41) is 7.92. The van der Waals surface area contributed by atoms with Gasteiger partial charge in [-0.05, 0) is 11.6 Å². The number of allylic oxidation sites excluding steroid dienone is 1. The lowest BCUT2D eigenvalue weighted by molar-refractivity contribution is 0.548. The molecule has 3 rings (SSSR count). The van der Waals surface area contributed by atoms with Gasteiger partial charge in [-0.25, -0.2) is 4.99 Å². The highest BCUT2D eigenvalue weighted by atomic mass is 15.3. The van der Waals surface area contributed by atoms with Crippen LogP contribution >= 0.6 is 0 Å². The summed E-state index contributed by atoms with van der Waals surface area (Å²) in [6.45, 7) is 0.714. The number of benzene rings is 1. The van der Waals surface area contributed by atoms with Crippen LogP contribution in [0.1, 0.15) is 11.1 Å². The fraction of sp³-hybridized carbons (Fsp3) is 0.0833. The molecule has 0 spiro atoms. The molecule has 2 aliphatic rings. The van der Waals surface area contributed by atoms with Crippen molar-refractivity contribution in [2.75, 3.05) is 0 Å². The van der Waals surface area contributed by atoms with Gasteiger partial charge in [0.2, 0.25) is 5.96 Å². The molecule has 4 heteroatoms. The minimum absolute atomic E-state index is 0.278. The normalized spacial score (nSPS) is 17.6. The van der Waals surface area contributed by atoms with Gasteiger partial charge in [-0.2, -0.15) is 4.99 Å². The Labute approximate surface area is 93.2 Å². The van der Waals surface area contributed by atoms with E-state index in [1.54, 1.807) is 6.21 Å². The second-order valence-corrected chi connectivity index (χ2v) is 3.67. The molecule has 1 aromatic carbocycles. The summed E-state index contributed by atoms with van der Waals surface area (Å²) in [5.74, 6) is 0.865. The molecule has 1 N–H and O–H groups in total. The van der Waals surface area contributed by atoms with Crippen molar-refractivity contribution >= 4 is 18.0 Å². The van der Waals surface area contributed by atoms with Crippen LogP contribution in [-0.4, -0.2) is 22.9 Å². The second kappa shape index (κ2) is 3.41. The average molecular weight is 210 g/mol. The van der Waals surface area contributed by atoms with E-state index in [0.29, 0.717) is 12.5 Å². The first-order chi connectivity index (χ1) is 7.84. The maximum atomic E-state index is 7.92. The molecule has 0 atom stereocenters. The van der Waals surface area contributed by atoms with E-state index in [1.807, 2.05) is 41.4 Å². The third kappa shape index (κ3) is 1.35. The van der Waals surface area contributed by atoms with Crippen LogP contribution in [0, 0.1) is 5.41 Å². The molecule has 0 unspecified atom stereocenters. The van der Waals surface area contributed by atoms with Crippen molar-refractivity contribution in [3.63, 3.8) is 0 Å². The summed E-state index contributed by atoms with van der Waals surface area (Å²) < 4.78 is 0. The zero-order chi connectivity index (χ0) is 11.0. The fourth-order valence-electron chi connectivity index (χ4n) is 1.84. The highest BCUT2D eigenvalue weighted by molar-refractivity contribution is 6.08. The van der Waals surface area contributed by atoms with E-state index in [2.05, 4.69) is 9.98 Å². The predicted molar refractivity (Wildman–Crippen MR) is 63.9 cm³/mol. The Morgan fingerprint density at radius 1 is 1.25 bits per heavy atom. The van der Waals surface area contributed by atoms with Gasteiger partial charge in [-0.15, -0.1) is 0 Å². The molecule has 16 heavy (non-hydrogen) atoms. The molecule has 0 amide bonds. The Kier molecular flexibility index (Phi) is 1.93. The molecule has 1 aromatic rings. The number of amidine groups is 1.